The van der Waals surface area contributed by atoms with Crippen LogP contribution in [0.15, 0.2) is 24.3 Å². The SMILES string of the molecule is CCCCCCCCCCCCCCCCC/C=C/C/C=C/[C@H](O)C[C@H](O)[C@H](CO[C@@H]1O[C@H](CO)[C@@H](O)[C@H](O)[C@H]1O)NC(=O)CCCCCCCCCCCCCC. The lowest BCUT2D eigenvalue weighted by Gasteiger charge is -2.40. The summed E-state index contributed by atoms with van der Waals surface area (Å²) in [6.07, 6.45) is 34.9. The number of carbonyl (C=O) groups is 1. The zero-order valence-electron chi connectivity index (χ0n) is 37.2. The Morgan fingerprint density at radius 2 is 1.09 bits per heavy atom. The van der Waals surface area contributed by atoms with Crippen molar-refractivity contribution >= 4 is 5.91 Å². The molecule has 58 heavy (non-hydrogen) atoms. The van der Waals surface area contributed by atoms with Crippen molar-refractivity contribution in [2.75, 3.05) is 13.2 Å². The number of allylic oxidation sites excluding steroid dienone is 3. The van der Waals surface area contributed by atoms with Crippen LogP contribution in [0.5, 0.6) is 0 Å². The Bertz CT molecular complexity index is 979. The summed E-state index contributed by atoms with van der Waals surface area (Å²) in [4.78, 5) is 13.0. The molecule has 0 saturated carbocycles. The first-order valence-corrected chi connectivity index (χ1v) is 24.1. The van der Waals surface area contributed by atoms with Crippen molar-refractivity contribution < 1.29 is 44.9 Å². The molecule has 1 fully saturated rings. The molecule has 0 aliphatic carbocycles. The standard InChI is InChI=1S/C48H91NO9/c1-3-5-7-9-11-13-15-17-18-19-20-21-22-23-24-25-27-29-31-33-35-40(51)37-42(52)41(39-57-48-47(56)46(55)45(54)43(38-50)58-48)49-44(53)36-34-32-30-28-26-16-14-12-10-8-6-4-2/h27,29,33,35,40-43,45-48,50-52,54-56H,3-26,28,30-32,34,36-39H2,1-2H3,(H,49,53)/b29-27+,35-33+/t40-,41-,42-,43+,45+,46-,47+,48+/m0/s1. The molecule has 8 atom stereocenters. The van der Waals surface area contributed by atoms with Crippen LogP contribution in [-0.2, 0) is 14.3 Å². The number of aliphatic hydroxyl groups excluding tert-OH is 6. The van der Waals surface area contributed by atoms with Crippen LogP contribution in [0.2, 0.25) is 0 Å². The van der Waals surface area contributed by atoms with E-state index in [2.05, 4.69) is 31.3 Å². The Balaban J connectivity index is 2.38. The minimum absolute atomic E-state index is 0.0546. The van der Waals surface area contributed by atoms with Gasteiger partial charge in [-0.25, -0.2) is 0 Å². The first kappa shape index (κ1) is 54.6. The second-order valence-corrected chi connectivity index (χ2v) is 17.1. The highest BCUT2D eigenvalue weighted by molar-refractivity contribution is 5.76. The third-order valence-electron chi connectivity index (χ3n) is 11.6. The van der Waals surface area contributed by atoms with Gasteiger partial charge >= 0.3 is 0 Å². The molecule has 0 aromatic heterocycles. The molecule has 10 nitrogen and oxygen atoms in total. The van der Waals surface area contributed by atoms with Crippen LogP contribution in [-0.4, -0.2) is 98.7 Å². The summed E-state index contributed by atoms with van der Waals surface area (Å²) < 4.78 is 11.1. The molecule has 0 aromatic carbocycles. The zero-order chi connectivity index (χ0) is 42.5. The molecule has 1 amide bonds. The van der Waals surface area contributed by atoms with Crippen molar-refractivity contribution in [2.24, 2.45) is 0 Å². The molecule has 0 radical (unpaired) electrons. The lowest BCUT2D eigenvalue weighted by Crippen LogP contribution is -2.60. The number of hydrogen-bond donors (Lipinski definition) is 7. The summed E-state index contributed by atoms with van der Waals surface area (Å²) in [5, 5.41) is 64.9. The van der Waals surface area contributed by atoms with Gasteiger partial charge in [-0.15, -0.1) is 0 Å². The van der Waals surface area contributed by atoms with E-state index in [4.69, 9.17) is 9.47 Å². The van der Waals surface area contributed by atoms with E-state index in [1.54, 1.807) is 6.08 Å². The topological polar surface area (TPSA) is 169 Å². The number of amides is 1. The largest absolute Gasteiger partial charge is 0.394 e. The van der Waals surface area contributed by atoms with Crippen LogP contribution in [0.1, 0.15) is 213 Å². The Kier molecular flexibility index (Phi) is 36.3. The van der Waals surface area contributed by atoms with E-state index in [1.165, 1.54) is 148 Å². The van der Waals surface area contributed by atoms with Crippen molar-refractivity contribution in [3.05, 3.63) is 24.3 Å². The third-order valence-corrected chi connectivity index (χ3v) is 11.6. The predicted molar refractivity (Wildman–Crippen MR) is 236 cm³/mol. The Morgan fingerprint density at radius 1 is 0.621 bits per heavy atom. The number of ether oxygens (including phenoxy) is 2. The summed E-state index contributed by atoms with van der Waals surface area (Å²) in [7, 11) is 0. The van der Waals surface area contributed by atoms with E-state index in [0.29, 0.717) is 6.42 Å². The first-order valence-electron chi connectivity index (χ1n) is 24.1. The highest BCUT2D eigenvalue weighted by Crippen LogP contribution is 2.23. The van der Waals surface area contributed by atoms with Gasteiger partial charge in [-0.05, 0) is 25.7 Å². The lowest BCUT2D eigenvalue weighted by atomic mass is 9.99. The molecule has 342 valence electrons. The molecule has 0 bridgehead atoms. The molecule has 7 N–H and O–H groups in total. The van der Waals surface area contributed by atoms with E-state index in [9.17, 15) is 35.4 Å². The van der Waals surface area contributed by atoms with E-state index >= 15 is 0 Å². The summed E-state index contributed by atoms with van der Waals surface area (Å²) in [6, 6.07) is -0.935. The normalized spacial score (nSPS) is 21.6. The average Bonchev–Trinajstić information content (AvgIpc) is 3.21. The van der Waals surface area contributed by atoms with Gasteiger partial charge in [-0.3, -0.25) is 4.79 Å². The summed E-state index contributed by atoms with van der Waals surface area (Å²) in [5.41, 5.74) is 0. The highest BCUT2D eigenvalue weighted by Gasteiger charge is 2.44. The molecule has 1 saturated heterocycles. The van der Waals surface area contributed by atoms with E-state index < -0.39 is 55.6 Å². The van der Waals surface area contributed by atoms with E-state index in [0.717, 1.165) is 32.1 Å². The third kappa shape index (κ3) is 29.0. The van der Waals surface area contributed by atoms with Crippen molar-refractivity contribution in [1.82, 2.24) is 5.32 Å². The molecule has 1 heterocycles. The zero-order valence-corrected chi connectivity index (χ0v) is 37.2. The van der Waals surface area contributed by atoms with Crippen molar-refractivity contribution in [1.29, 1.82) is 0 Å². The molecule has 1 aliphatic heterocycles. The second kappa shape index (κ2) is 38.5. The van der Waals surface area contributed by atoms with Crippen molar-refractivity contribution in [2.45, 2.75) is 262 Å². The molecular weight excluding hydrogens is 735 g/mol. The molecular formula is C48H91NO9. The van der Waals surface area contributed by atoms with Crippen LogP contribution in [0.3, 0.4) is 0 Å². The van der Waals surface area contributed by atoms with Crippen molar-refractivity contribution in [3.8, 4) is 0 Å². The van der Waals surface area contributed by atoms with Crippen molar-refractivity contribution in [3.63, 3.8) is 0 Å². The quantitative estimate of drug-likeness (QED) is 0.0235. The number of unbranched alkanes of at least 4 members (excludes halogenated alkanes) is 26. The number of nitrogens with one attached hydrogen (secondary N) is 1. The maximum atomic E-state index is 13.0. The number of aliphatic hydroxyl groups is 6. The number of hydrogen-bond acceptors (Lipinski definition) is 9. The van der Waals surface area contributed by atoms with E-state index in [1.807, 2.05) is 6.08 Å². The Hall–Kier alpha value is -1.37. The molecule has 0 unspecified atom stereocenters. The van der Waals surface area contributed by atoms with Crippen LogP contribution >= 0.6 is 0 Å². The van der Waals surface area contributed by atoms with Crippen LogP contribution in [0, 0.1) is 0 Å². The van der Waals surface area contributed by atoms with Gasteiger partial charge in [-0.1, -0.05) is 199 Å². The van der Waals surface area contributed by atoms with Gasteiger partial charge in [0.1, 0.15) is 24.4 Å². The average molecular weight is 826 g/mol. The van der Waals surface area contributed by atoms with Crippen LogP contribution in [0.4, 0.5) is 0 Å². The summed E-state index contributed by atoms with van der Waals surface area (Å²) >= 11 is 0. The molecule has 1 rings (SSSR count). The fraction of sp³-hybridized carbons (Fsp3) is 0.896. The molecule has 0 aromatic rings. The Morgan fingerprint density at radius 3 is 1.57 bits per heavy atom. The first-order chi connectivity index (χ1) is 28.2. The van der Waals surface area contributed by atoms with E-state index in [-0.39, 0.29) is 25.4 Å². The van der Waals surface area contributed by atoms with Crippen LogP contribution in [0.25, 0.3) is 0 Å². The van der Waals surface area contributed by atoms with Gasteiger partial charge < -0.3 is 45.4 Å². The minimum Gasteiger partial charge on any atom is -0.394 e. The second-order valence-electron chi connectivity index (χ2n) is 17.1. The minimum atomic E-state index is -1.61. The smallest absolute Gasteiger partial charge is 0.220 e. The predicted octanol–water partition coefficient (Wildman–Crippen LogP) is 9.25. The lowest BCUT2D eigenvalue weighted by molar-refractivity contribution is -0.302. The van der Waals surface area contributed by atoms with Gasteiger partial charge in [0.25, 0.3) is 0 Å². The van der Waals surface area contributed by atoms with Gasteiger partial charge in [0.15, 0.2) is 6.29 Å². The maximum absolute atomic E-state index is 13.0. The summed E-state index contributed by atoms with van der Waals surface area (Å²) in [6.45, 7) is 3.63. The molecule has 10 heteroatoms. The fourth-order valence-electron chi connectivity index (χ4n) is 7.71. The number of carbonyl (C=O) groups excluding carboxylic acids is 1. The van der Waals surface area contributed by atoms with Gasteiger partial charge in [0.2, 0.25) is 5.91 Å². The van der Waals surface area contributed by atoms with Gasteiger partial charge in [-0.2, -0.15) is 0 Å². The monoisotopic (exact) mass is 826 g/mol. The summed E-state index contributed by atoms with van der Waals surface area (Å²) in [5.74, 6) is -0.252. The highest BCUT2D eigenvalue weighted by atomic mass is 16.7. The van der Waals surface area contributed by atoms with Gasteiger partial charge in [0.05, 0.1) is 31.5 Å². The van der Waals surface area contributed by atoms with Gasteiger partial charge in [0, 0.05) is 12.8 Å². The number of rotatable bonds is 40. The molecule has 1 aliphatic rings. The maximum Gasteiger partial charge on any atom is 0.220 e. The molecule has 0 spiro atoms. The Labute approximate surface area is 354 Å². The fourth-order valence-corrected chi connectivity index (χ4v) is 7.71. The van der Waals surface area contributed by atoms with Crippen LogP contribution < -0.4 is 5.32 Å².